The van der Waals surface area contributed by atoms with E-state index in [1.165, 1.54) is 12.1 Å². The first-order valence-electron chi connectivity index (χ1n) is 8.77. The summed E-state index contributed by atoms with van der Waals surface area (Å²) in [6.07, 6.45) is 1.25. The lowest BCUT2D eigenvalue weighted by molar-refractivity contribution is -0.117. The Bertz CT molecular complexity index is 1080. The van der Waals surface area contributed by atoms with Crippen LogP contribution >= 0.6 is 0 Å². The van der Waals surface area contributed by atoms with Gasteiger partial charge >= 0.3 is 0 Å². The molecule has 0 bridgehead atoms. The third-order valence-electron chi connectivity index (χ3n) is 4.90. The highest BCUT2D eigenvalue weighted by atomic mass is 32.2. The molecule has 1 saturated heterocycles. The Morgan fingerprint density at radius 1 is 1.22 bits per heavy atom. The summed E-state index contributed by atoms with van der Waals surface area (Å²) >= 11 is 0. The number of hydrogen-bond donors (Lipinski definition) is 1. The zero-order valence-corrected chi connectivity index (χ0v) is 15.6. The van der Waals surface area contributed by atoms with Crippen LogP contribution in [0.1, 0.15) is 24.0 Å². The van der Waals surface area contributed by atoms with Gasteiger partial charge in [-0.15, -0.1) is 0 Å². The Morgan fingerprint density at radius 2 is 2.04 bits per heavy atom. The standard InChI is InChI=1S/C20H19FN2O3S/c1-13-4-2-5-14(10-13)12-22-20(24)19-17-6-3-9-23(17)16-8-7-15(21)11-18(16)27(19,25)26/h2,4-5,7-8,10-11H,3,6,9,12H2,1H3,(H,22,24). The molecule has 2 aromatic rings. The van der Waals surface area contributed by atoms with Crippen LogP contribution in [0.15, 0.2) is 58.0 Å². The van der Waals surface area contributed by atoms with Crippen molar-refractivity contribution in [3.63, 3.8) is 0 Å². The predicted molar refractivity (Wildman–Crippen MR) is 100 cm³/mol. The quantitative estimate of drug-likeness (QED) is 0.881. The molecule has 4 rings (SSSR count). The van der Waals surface area contributed by atoms with E-state index in [9.17, 15) is 17.6 Å². The number of amides is 1. The Kier molecular flexibility index (Phi) is 4.26. The smallest absolute Gasteiger partial charge is 0.265 e. The maximum Gasteiger partial charge on any atom is 0.265 e. The van der Waals surface area contributed by atoms with Gasteiger partial charge in [0.25, 0.3) is 5.91 Å². The number of hydrogen-bond acceptors (Lipinski definition) is 4. The number of nitrogens with zero attached hydrogens (tertiary/aromatic N) is 1. The van der Waals surface area contributed by atoms with E-state index in [0.717, 1.165) is 23.6 Å². The van der Waals surface area contributed by atoms with E-state index in [0.29, 0.717) is 24.4 Å². The van der Waals surface area contributed by atoms with Gasteiger partial charge in [0.05, 0.1) is 10.6 Å². The Hall–Kier alpha value is -2.67. The molecule has 0 unspecified atom stereocenters. The van der Waals surface area contributed by atoms with E-state index in [4.69, 9.17) is 0 Å². The number of halogens is 1. The Labute approximate surface area is 157 Å². The van der Waals surface area contributed by atoms with E-state index in [1.807, 2.05) is 36.1 Å². The van der Waals surface area contributed by atoms with Crippen molar-refractivity contribution in [3.8, 4) is 0 Å². The summed E-state index contributed by atoms with van der Waals surface area (Å²) in [6.45, 7) is 2.78. The van der Waals surface area contributed by atoms with Crippen molar-refractivity contribution >= 4 is 21.4 Å². The molecule has 2 heterocycles. The minimum atomic E-state index is -4.09. The topological polar surface area (TPSA) is 66.5 Å². The predicted octanol–water partition coefficient (Wildman–Crippen LogP) is 3.05. The number of sulfone groups is 1. The molecule has 0 spiro atoms. The Balaban J connectivity index is 1.71. The van der Waals surface area contributed by atoms with Crippen molar-refractivity contribution in [2.75, 3.05) is 11.4 Å². The van der Waals surface area contributed by atoms with Gasteiger partial charge in [-0.3, -0.25) is 4.79 Å². The molecule has 2 aliphatic heterocycles. The first-order chi connectivity index (χ1) is 12.9. The highest BCUT2D eigenvalue weighted by molar-refractivity contribution is 7.96. The molecule has 0 saturated carbocycles. The van der Waals surface area contributed by atoms with Crippen LogP contribution in [0, 0.1) is 12.7 Å². The second-order valence-corrected chi connectivity index (χ2v) is 8.67. The van der Waals surface area contributed by atoms with Crippen molar-refractivity contribution in [1.29, 1.82) is 0 Å². The maximum atomic E-state index is 13.7. The summed E-state index contributed by atoms with van der Waals surface area (Å²) in [5.41, 5.74) is 2.88. The number of anilines is 1. The first-order valence-corrected chi connectivity index (χ1v) is 10.3. The largest absolute Gasteiger partial charge is 0.347 e. The van der Waals surface area contributed by atoms with Crippen LogP contribution in [0.3, 0.4) is 0 Å². The molecule has 1 N–H and O–H groups in total. The van der Waals surface area contributed by atoms with Gasteiger partial charge in [-0.2, -0.15) is 0 Å². The number of benzene rings is 2. The summed E-state index contributed by atoms with van der Waals surface area (Å²) < 4.78 is 39.9. The van der Waals surface area contributed by atoms with Gasteiger partial charge in [0.1, 0.15) is 5.82 Å². The summed E-state index contributed by atoms with van der Waals surface area (Å²) in [4.78, 5) is 14.3. The number of rotatable bonds is 3. The lowest BCUT2D eigenvalue weighted by atomic mass is 10.1. The van der Waals surface area contributed by atoms with Crippen LogP contribution in [0.5, 0.6) is 0 Å². The molecule has 5 nitrogen and oxygen atoms in total. The van der Waals surface area contributed by atoms with Gasteiger partial charge in [0, 0.05) is 18.8 Å². The molecule has 2 aliphatic rings. The molecule has 7 heteroatoms. The normalized spacial score (nSPS) is 17.5. The number of carbonyl (C=O) groups excluding carboxylic acids is 1. The minimum absolute atomic E-state index is 0.145. The van der Waals surface area contributed by atoms with Gasteiger partial charge in [0.2, 0.25) is 9.84 Å². The molecular formula is C20H19FN2O3S. The maximum absolute atomic E-state index is 13.7. The second-order valence-electron chi connectivity index (χ2n) is 6.82. The van der Waals surface area contributed by atoms with Gasteiger partial charge < -0.3 is 10.2 Å². The summed E-state index contributed by atoms with van der Waals surface area (Å²) in [7, 11) is -4.09. The summed E-state index contributed by atoms with van der Waals surface area (Å²) in [5.74, 6) is -1.28. The fraction of sp³-hybridized carbons (Fsp3) is 0.250. The van der Waals surface area contributed by atoms with E-state index in [2.05, 4.69) is 5.32 Å². The fourth-order valence-electron chi connectivity index (χ4n) is 3.71. The fourth-order valence-corrected chi connectivity index (χ4v) is 5.49. The SMILES string of the molecule is Cc1cccc(CNC(=O)C2=C3CCCN3c3ccc(F)cc3S2(=O)=O)c1. The van der Waals surface area contributed by atoms with E-state index in [-0.39, 0.29) is 16.3 Å². The molecule has 1 fully saturated rings. The van der Waals surface area contributed by atoms with Crippen molar-refractivity contribution < 1.29 is 17.6 Å². The average molecular weight is 386 g/mol. The molecule has 1 amide bonds. The molecule has 0 aliphatic carbocycles. The third kappa shape index (κ3) is 3.02. The van der Waals surface area contributed by atoms with Crippen molar-refractivity contribution in [3.05, 3.63) is 70.0 Å². The van der Waals surface area contributed by atoms with Crippen LogP contribution < -0.4 is 10.2 Å². The second kappa shape index (κ2) is 6.49. The van der Waals surface area contributed by atoms with Crippen LogP contribution in [-0.4, -0.2) is 20.9 Å². The molecule has 27 heavy (non-hydrogen) atoms. The van der Waals surface area contributed by atoms with Crippen LogP contribution in [0.25, 0.3) is 0 Å². The zero-order valence-electron chi connectivity index (χ0n) is 14.8. The molecule has 0 atom stereocenters. The first kappa shape index (κ1) is 17.7. The van der Waals surface area contributed by atoms with Gasteiger partial charge in [-0.1, -0.05) is 29.8 Å². The van der Waals surface area contributed by atoms with Gasteiger partial charge in [-0.05, 0) is 43.5 Å². The minimum Gasteiger partial charge on any atom is -0.347 e. The van der Waals surface area contributed by atoms with Crippen molar-refractivity contribution in [2.24, 2.45) is 0 Å². The van der Waals surface area contributed by atoms with E-state index in [1.54, 1.807) is 0 Å². The van der Waals surface area contributed by atoms with Crippen LogP contribution in [0.2, 0.25) is 0 Å². The van der Waals surface area contributed by atoms with E-state index >= 15 is 0 Å². The third-order valence-corrected chi connectivity index (χ3v) is 6.76. The van der Waals surface area contributed by atoms with E-state index < -0.39 is 21.6 Å². The Morgan fingerprint density at radius 3 is 2.81 bits per heavy atom. The highest BCUT2D eigenvalue weighted by Crippen LogP contribution is 2.43. The lowest BCUT2D eigenvalue weighted by Crippen LogP contribution is -2.35. The summed E-state index contributed by atoms with van der Waals surface area (Å²) in [5, 5.41) is 2.71. The number of aryl methyl sites for hydroxylation is 1. The number of allylic oxidation sites excluding steroid dienone is 1. The monoisotopic (exact) mass is 386 g/mol. The van der Waals surface area contributed by atoms with Crippen LogP contribution in [-0.2, 0) is 21.2 Å². The number of fused-ring (bicyclic) bond motifs is 3. The number of carbonyl (C=O) groups is 1. The van der Waals surface area contributed by atoms with Crippen molar-refractivity contribution in [2.45, 2.75) is 31.2 Å². The lowest BCUT2D eigenvalue weighted by Gasteiger charge is -2.30. The summed E-state index contributed by atoms with van der Waals surface area (Å²) in [6, 6.07) is 11.3. The molecule has 0 radical (unpaired) electrons. The highest BCUT2D eigenvalue weighted by Gasteiger charge is 2.41. The molecular weight excluding hydrogens is 367 g/mol. The molecule has 140 valence electrons. The van der Waals surface area contributed by atoms with Gasteiger partial charge in [-0.25, -0.2) is 12.8 Å². The van der Waals surface area contributed by atoms with Crippen molar-refractivity contribution in [1.82, 2.24) is 5.32 Å². The molecule has 0 aromatic heterocycles. The zero-order chi connectivity index (χ0) is 19.2. The number of nitrogens with one attached hydrogen (secondary N) is 1. The van der Waals surface area contributed by atoms with Gasteiger partial charge in [0.15, 0.2) is 4.91 Å². The molecule has 2 aromatic carbocycles. The van der Waals surface area contributed by atoms with Crippen LogP contribution in [0.4, 0.5) is 10.1 Å². The average Bonchev–Trinajstić information content (AvgIpc) is 3.09.